The van der Waals surface area contributed by atoms with Crippen LogP contribution in [0.25, 0.3) is 10.9 Å². The van der Waals surface area contributed by atoms with Gasteiger partial charge in [0.05, 0.1) is 34.6 Å². The fraction of sp³-hybridized carbons (Fsp3) is 0.396. The smallest absolute Gasteiger partial charge is 0.334 e. The third kappa shape index (κ3) is 12.6. The molecule has 1 unspecified atom stereocenters. The van der Waals surface area contributed by atoms with Crippen LogP contribution in [0.3, 0.4) is 0 Å². The lowest BCUT2D eigenvalue weighted by molar-refractivity contribution is -0.394. The van der Waals surface area contributed by atoms with Gasteiger partial charge in [-0.1, -0.05) is 44.2 Å². The summed E-state index contributed by atoms with van der Waals surface area (Å²) in [5, 5.41) is 61.7. The number of likely N-dealkylation sites (tertiary alicyclic amines) is 1. The molecule has 2 saturated heterocycles. The van der Waals surface area contributed by atoms with Gasteiger partial charge in [0.2, 0.25) is 47.1 Å². The molecule has 2 bridgehead atoms. The second-order valence-electron chi connectivity index (χ2n) is 18.4. The zero-order valence-corrected chi connectivity index (χ0v) is 40.3. The first kappa shape index (κ1) is 53.8. The van der Waals surface area contributed by atoms with E-state index in [1.807, 2.05) is 0 Å². The molecular formula is C48H53N11O16. The van der Waals surface area contributed by atoms with Crippen molar-refractivity contribution in [3.05, 3.63) is 104 Å². The molecule has 396 valence electrons. The van der Waals surface area contributed by atoms with E-state index in [1.165, 1.54) is 46.0 Å². The highest BCUT2D eigenvalue weighted by molar-refractivity contribution is 5.99. The Bertz CT molecular complexity index is 2940. The maximum absolute atomic E-state index is 14.9. The summed E-state index contributed by atoms with van der Waals surface area (Å²) >= 11 is 0. The highest BCUT2D eigenvalue weighted by atomic mass is 16.6. The number of nitrogens with one attached hydrogen (secondary N) is 7. The number of carbonyl (C=O) groups is 9. The van der Waals surface area contributed by atoms with Crippen molar-refractivity contribution in [1.29, 1.82) is 0 Å². The van der Waals surface area contributed by atoms with Crippen molar-refractivity contribution in [2.24, 2.45) is 5.92 Å². The Morgan fingerprint density at radius 1 is 0.853 bits per heavy atom. The summed E-state index contributed by atoms with van der Waals surface area (Å²) in [6, 6.07) is 5.80. The predicted octanol–water partition coefficient (Wildman–Crippen LogP) is -0.844. The summed E-state index contributed by atoms with van der Waals surface area (Å²) in [7, 11) is 0. The number of nitro groups is 2. The number of phenols is 1. The number of aliphatic hydroxyl groups excluding tert-OH is 1. The first-order valence-corrected chi connectivity index (χ1v) is 23.7. The number of phenolic OH excluding ortho intramolecular Hbond substituents is 1. The van der Waals surface area contributed by atoms with Crippen LogP contribution in [-0.4, -0.2) is 139 Å². The molecule has 9 N–H and O–H groups in total. The summed E-state index contributed by atoms with van der Waals surface area (Å²) in [5.74, 6) is -9.39. The third-order valence-electron chi connectivity index (χ3n) is 12.9. The molecule has 0 spiro atoms. The minimum atomic E-state index is -1.84. The summed E-state index contributed by atoms with van der Waals surface area (Å²) in [6.07, 6.45) is -0.248. The minimum Gasteiger partial charge on any atom is -0.508 e. The fourth-order valence-corrected chi connectivity index (χ4v) is 9.00. The van der Waals surface area contributed by atoms with Crippen LogP contribution in [0.2, 0.25) is 0 Å². The Balaban J connectivity index is 1.30. The van der Waals surface area contributed by atoms with Gasteiger partial charge < -0.3 is 61.6 Å². The number of nitro benzene ring substituents is 2. The zero-order chi connectivity index (χ0) is 54.2. The molecule has 27 heteroatoms. The van der Waals surface area contributed by atoms with Crippen molar-refractivity contribution in [3.63, 3.8) is 0 Å². The number of nitrogens with zero attached hydrogens (tertiary/aromatic N) is 4. The molecule has 7 atom stereocenters. The van der Waals surface area contributed by atoms with Crippen molar-refractivity contribution < 1.29 is 67.9 Å². The fourth-order valence-electron chi connectivity index (χ4n) is 9.00. The van der Waals surface area contributed by atoms with E-state index in [9.17, 15) is 73.6 Å². The molecule has 75 heavy (non-hydrogen) atoms. The van der Waals surface area contributed by atoms with Crippen molar-refractivity contribution >= 4 is 75.5 Å². The van der Waals surface area contributed by atoms with E-state index in [0.29, 0.717) is 23.4 Å². The highest BCUT2D eigenvalue weighted by Crippen LogP contribution is 2.32. The number of rotatable bonds is 13. The van der Waals surface area contributed by atoms with Crippen LogP contribution < -0.4 is 42.0 Å². The number of hydrogen-bond donors (Lipinski definition) is 9. The van der Waals surface area contributed by atoms with Gasteiger partial charge in [0.15, 0.2) is 6.17 Å². The number of amides is 8. The maximum Gasteiger partial charge on any atom is 0.334 e. The van der Waals surface area contributed by atoms with E-state index < -0.39 is 142 Å². The first-order valence-electron chi connectivity index (χ1n) is 23.7. The second-order valence-corrected chi connectivity index (χ2v) is 18.4. The number of aromatic nitrogens is 1. The van der Waals surface area contributed by atoms with E-state index in [1.54, 1.807) is 32.0 Å². The molecule has 4 aromatic rings. The zero-order valence-electron chi connectivity index (χ0n) is 40.3. The largest absolute Gasteiger partial charge is 0.508 e. The van der Waals surface area contributed by atoms with Gasteiger partial charge in [-0.25, -0.2) is 4.79 Å². The molecule has 1 aromatic heterocycles. The Morgan fingerprint density at radius 3 is 2.25 bits per heavy atom. The summed E-state index contributed by atoms with van der Waals surface area (Å²) < 4.78 is 6.69. The van der Waals surface area contributed by atoms with Gasteiger partial charge in [-0.3, -0.25) is 58.6 Å². The van der Waals surface area contributed by atoms with Crippen LogP contribution in [0.5, 0.6) is 11.5 Å². The van der Waals surface area contributed by atoms with Crippen LogP contribution in [0, 0.1) is 26.1 Å². The molecule has 2 fully saturated rings. The molecule has 7 rings (SSSR count). The maximum atomic E-state index is 14.9. The summed E-state index contributed by atoms with van der Waals surface area (Å²) in [5.41, 5.74) is -0.878. The molecule has 4 heterocycles. The van der Waals surface area contributed by atoms with Gasteiger partial charge in [-0.05, 0) is 60.6 Å². The number of non-ortho nitro benzene ring substituents is 1. The van der Waals surface area contributed by atoms with E-state index in [-0.39, 0.29) is 55.0 Å². The van der Waals surface area contributed by atoms with Crippen LogP contribution in [0.4, 0.5) is 11.4 Å². The highest BCUT2D eigenvalue weighted by Gasteiger charge is 2.41. The normalized spacial score (nSPS) is 21.9. The average Bonchev–Trinajstić information content (AvgIpc) is 4.14. The van der Waals surface area contributed by atoms with Gasteiger partial charge in [0, 0.05) is 43.5 Å². The number of fused-ring (bicyclic) bond motifs is 5. The molecule has 3 aromatic carbocycles. The first-order chi connectivity index (χ1) is 35.7. The number of hydrogen-bond acceptors (Lipinski definition) is 16. The van der Waals surface area contributed by atoms with Gasteiger partial charge in [-0.15, -0.1) is 0 Å². The number of ether oxygens (including phenoxy) is 1. The molecule has 0 aliphatic carbocycles. The van der Waals surface area contributed by atoms with Crippen LogP contribution in [0.15, 0.2) is 72.9 Å². The van der Waals surface area contributed by atoms with Gasteiger partial charge in [0.1, 0.15) is 42.0 Å². The second kappa shape index (κ2) is 23.2. The number of esters is 1. The topological polar surface area (TPSA) is 382 Å². The van der Waals surface area contributed by atoms with Crippen LogP contribution >= 0.6 is 0 Å². The van der Waals surface area contributed by atoms with Crippen LogP contribution in [0.1, 0.15) is 56.8 Å². The van der Waals surface area contributed by atoms with Gasteiger partial charge >= 0.3 is 11.7 Å². The number of para-hydroxylation sites is 1. The molecule has 3 aliphatic heterocycles. The van der Waals surface area contributed by atoms with Crippen molar-refractivity contribution in [2.45, 2.75) is 94.8 Å². The summed E-state index contributed by atoms with van der Waals surface area (Å²) in [4.78, 5) is 147. The molecule has 0 saturated carbocycles. The summed E-state index contributed by atoms with van der Waals surface area (Å²) in [6.45, 7) is 1.54. The number of aliphatic hydroxyl groups is 1. The van der Waals surface area contributed by atoms with Crippen molar-refractivity contribution in [1.82, 2.24) is 46.7 Å². The van der Waals surface area contributed by atoms with E-state index in [2.05, 4.69) is 37.2 Å². The van der Waals surface area contributed by atoms with E-state index in [0.717, 1.165) is 12.1 Å². The molecule has 8 amide bonds. The number of carbonyl (C=O) groups excluding carboxylic acids is 9. The molecule has 3 aliphatic rings. The lowest BCUT2D eigenvalue weighted by Gasteiger charge is -2.30. The van der Waals surface area contributed by atoms with E-state index >= 15 is 0 Å². The van der Waals surface area contributed by atoms with Gasteiger partial charge in [0.25, 0.3) is 11.6 Å². The van der Waals surface area contributed by atoms with Gasteiger partial charge in [-0.2, -0.15) is 0 Å². The SMILES string of the molecule is CC(C)[C@@H]1NC(=O)C(NC(=O)[C@H](Cc2ccc(O)cc2)NC(=O)[C@@H]2CCCN2C(=O)[C@@H]2CCC(=O)N2)n2cc(c3ccccc32)C[C@@H](C(=O)Oc2ccc([N+](=O)[O-])cc2[N+](=O)[O-])NC(=O)[C@H](CO)NC(=O)CNC1=O. The average molecular weight is 1040 g/mol. The third-order valence-corrected chi connectivity index (χ3v) is 12.9. The predicted molar refractivity (Wildman–Crippen MR) is 259 cm³/mol. The monoisotopic (exact) mass is 1040 g/mol. The van der Waals surface area contributed by atoms with E-state index in [4.69, 9.17) is 4.74 Å². The van der Waals surface area contributed by atoms with Crippen molar-refractivity contribution in [3.8, 4) is 11.5 Å². The Labute approximate surface area is 425 Å². The minimum absolute atomic E-state index is 0.100. The number of aromatic hydroxyl groups is 1. The lowest BCUT2D eigenvalue weighted by atomic mass is 10.0. The quantitative estimate of drug-likeness (QED) is 0.0341. The molecule has 0 radical (unpaired) electrons. The van der Waals surface area contributed by atoms with Crippen molar-refractivity contribution in [2.75, 3.05) is 19.7 Å². The van der Waals surface area contributed by atoms with Crippen LogP contribution in [-0.2, 0) is 56.0 Å². The Kier molecular flexibility index (Phi) is 16.7. The lowest BCUT2D eigenvalue weighted by Crippen LogP contribution is -2.58. The number of benzene rings is 3. The standard InChI is InChI=1S/C48H53N11O16/c1-24(2)40-45(67)49-21-39(63)51-33(23-60)43(65)53-32(48(70)75-37-15-11-27(58(71)72)20-36(37)59(73)74)19-26-22-57(34-7-4-3-6-29(26)34)41(46(68)54-40)55-42(64)31(18-25-9-12-28(61)13-10-25)52-44(66)35-8-5-17-56(35)47(69)30-14-16-38(62)50-30/h3-4,6-7,9-13,15,20,22,24,30-33,35,40-41,60-61H,5,8,14,16-19,21,23H2,1-2H3,(H,49,67)(H,50,62)(H,51,63)(H,52,66)(H,53,65)(H,54,68)(H,55,64)/t30-,31-,32-,33-,35-,40-,41?/m0/s1. The molecular weight excluding hydrogens is 987 g/mol. The Hall–Kier alpha value is -9.01. The molecule has 27 nitrogen and oxygen atoms in total. The Morgan fingerprint density at radius 2 is 1.59 bits per heavy atom.